The molecule has 5 nitrogen and oxygen atoms in total. The Labute approximate surface area is 169 Å². The molecular formula is C22H23ClN4O. The van der Waals surface area contributed by atoms with Crippen LogP contribution in [0.25, 0.3) is 22.4 Å². The standard InChI is InChI=1S/C22H23ClN4O/c1-14(28)25-19-8-4-17(5-9-19)22-20(15-10-12-24-13-11-15)21(26-27-22)16-2-6-18(23)7-3-16/h2-3,6-7,10-13,17,19H,4-5,8-9H2,1H3,(H,25,28)(H,26,27)/t17-,19-. The second-order valence-electron chi connectivity index (χ2n) is 7.35. The van der Waals surface area contributed by atoms with Gasteiger partial charge in [-0.25, -0.2) is 0 Å². The summed E-state index contributed by atoms with van der Waals surface area (Å²) in [6.07, 6.45) is 7.62. The van der Waals surface area contributed by atoms with Crippen molar-refractivity contribution in [1.82, 2.24) is 20.5 Å². The molecule has 1 aliphatic rings. The van der Waals surface area contributed by atoms with E-state index in [1.807, 2.05) is 48.8 Å². The number of hydrogen-bond acceptors (Lipinski definition) is 3. The molecule has 3 aromatic rings. The van der Waals surface area contributed by atoms with Crippen molar-refractivity contribution in [3.05, 3.63) is 59.5 Å². The highest BCUT2D eigenvalue weighted by Crippen LogP contribution is 2.41. The summed E-state index contributed by atoms with van der Waals surface area (Å²) in [7, 11) is 0. The van der Waals surface area contributed by atoms with Gasteiger partial charge in [-0.05, 0) is 55.5 Å². The van der Waals surface area contributed by atoms with Gasteiger partial charge < -0.3 is 5.32 Å². The third-order valence-corrected chi connectivity index (χ3v) is 5.68. The van der Waals surface area contributed by atoms with Crippen LogP contribution < -0.4 is 5.32 Å². The Kier molecular flexibility index (Phi) is 5.44. The molecule has 28 heavy (non-hydrogen) atoms. The predicted octanol–water partition coefficient (Wildman–Crippen LogP) is 4.95. The number of aromatic nitrogens is 3. The van der Waals surface area contributed by atoms with E-state index in [0.29, 0.717) is 10.9 Å². The quantitative estimate of drug-likeness (QED) is 0.657. The lowest BCUT2D eigenvalue weighted by Gasteiger charge is -2.29. The Morgan fingerprint density at radius 1 is 1.04 bits per heavy atom. The van der Waals surface area contributed by atoms with Crippen LogP contribution in [0.3, 0.4) is 0 Å². The second kappa shape index (κ2) is 8.15. The van der Waals surface area contributed by atoms with Crippen LogP contribution in [0.4, 0.5) is 0 Å². The highest BCUT2D eigenvalue weighted by atomic mass is 35.5. The number of halogens is 1. The maximum atomic E-state index is 11.3. The highest BCUT2D eigenvalue weighted by molar-refractivity contribution is 6.30. The summed E-state index contributed by atoms with van der Waals surface area (Å²) in [6, 6.07) is 12.1. The fraction of sp³-hybridized carbons (Fsp3) is 0.318. The average Bonchev–Trinajstić information content (AvgIpc) is 3.14. The van der Waals surface area contributed by atoms with Crippen LogP contribution in [0.15, 0.2) is 48.8 Å². The molecule has 1 aromatic carbocycles. The van der Waals surface area contributed by atoms with Crippen molar-refractivity contribution >= 4 is 17.5 Å². The Morgan fingerprint density at radius 2 is 1.71 bits per heavy atom. The van der Waals surface area contributed by atoms with E-state index in [2.05, 4.69) is 20.5 Å². The Bertz CT molecular complexity index is 944. The number of rotatable bonds is 4. The minimum Gasteiger partial charge on any atom is -0.354 e. The first-order valence-corrected chi connectivity index (χ1v) is 10.0. The van der Waals surface area contributed by atoms with Crippen LogP contribution in [-0.4, -0.2) is 27.1 Å². The SMILES string of the molecule is CC(=O)N[C@H]1CC[C@H](c2[nH]nc(-c3ccc(Cl)cc3)c2-c2ccncc2)CC1. The minimum atomic E-state index is 0.0486. The van der Waals surface area contributed by atoms with E-state index in [0.717, 1.165) is 53.8 Å². The number of hydrogen-bond donors (Lipinski definition) is 2. The monoisotopic (exact) mass is 394 g/mol. The van der Waals surface area contributed by atoms with Gasteiger partial charge in [-0.15, -0.1) is 0 Å². The van der Waals surface area contributed by atoms with Crippen LogP contribution in [0.1, 0.15) is 44.2 Å². The van der Waals surface area contributed by atoms with Gasteiger partial charge in [-0.3, -0.25) is 14.9 Å². The molecule has 0 radical (unpaired) electrons. The molecule has 2 heterocycles. The first kappa shape index (κ1) is 18.7. The summed E-state index contributed by atoms with van der Waals surface area (Å²) < 4.78 is 0. The first-order chi connectivity index (χ1) is 13.6. The van der Waals surface area contributed by atoms with Crippen LogP contribution in [0, 0.1) is 0 Å². The van der Waals surface area contributed by atoms with Gasteiger partial charge in [0.15, 0.2) is 0 Å². The van der Waals surface area contributed by atoms with Crippen LogP contribution in [0.2, 0.25) is 5.02 Å². The number of pyridine rings is 1. The molecule has 2 aromatic heterocycles. The molecular weight excluding hydrogens is 372 g/mol. The predicted molar refractivity (Wildman–Crippen MR) is 111 cm³/mol. The lowest BCUT2D eigenvalue weighted by Crippen LogP contribution is -2.35. The fourth-order valence-corrected chi connectivity index (χ4v) is 4.22. The molecule has 0 saturated heterocycles. The number of nitrogens with one attached hydrogen (secondary N) is 2. The zero-order chi connectivity index (χ0) is 19.5. The number of carbonyl (C=O) groups excluding carboxylic acids is 1. The lowest BCUT2D eigenvalue weighted by atomic mass is 9.81. The number of H-pyrrole nitrogens is 1. The number of aromatic amines is 1. The van der Waals surface area contributed by atoms with Gasteiger partial charge in [0.2, 0.25) is 5.91 Å². The van der Waals surface area contributed by atoms with Gasteiger partial charge in [0.05, 0.1) is 0 Å². The second-order valence-corrected chi connectivity index (χ2v) is 7.79. The largest absolute Gasteiger partial charge is 0.354 e. The van der Waals surface area contributed by atoms with Crippen LogP contribution in [0.5, 0.6) is 0 Å². The molecule has 144 valence electrons. The molecule has 2 N–H and O–H groups in total. The summed E-state index contributed by atoms with van der Waals surface area (Å²) in [5.41, 5.74) is 5.37. The van der Waals surface area contributed by atoms with E-state index in [-0.39, 0.29) is 11.9 Å². The molecule has 4 rings (SSSR count). The van der Waals surface area contributed by atoms with Crippen LogP contribution in [-0.2, 0) is 4.79 Å². The Balaban J connectivity index is 1.68. The van der Waals surface area contributed by atoms with Gasteiger partial charge in [0, 0.05) is 53.1 Å². The Morgan fingerprint density at radius 3 is 2.36 bits per heavy atom. The summed E-state index contributed by atoms with van der Waals surface area (Å²) >= 11 is 6.07. The fourth-order valence-electron chi connectivity index (χ4n) is 4.09. The molecule has 0 spiro atoms. The van der Waals surface area contributed by atoms with E-state index in [1.54, 1.807) is 6.92 Å². The molecule has 6 heteroatoms. The van der Waals surface area contributed by atoms with Gasteiger partial charge in [0.1, 0.15) is 5.69 Å². The van der Waals surface area contributed by atoms with Gasteiger partial charge in [0.25, 0.3) is 0 Å². The van der Waals surface area contributed by atoms with Gasteiger partial charge >= 0.3 is 0 Å². The molecule has 0 aliphatic heterocycles. The molecule has 0 atom stereocenters. The van der Waals surface area contributed by atoms with Crippen molar-refractivity contribution in [1.29, 1.82) is 0 Å². The summed E-state index contributed by atoms with van der Waals surface area (Å²) in [5, 5.41) is 11.8. The molecule has 0 bridgehead atoms. The van der Waals surface area contributed by atoms with Crippen molar-refractivity contribution in [2.45, 2.75) is 44.6 Å². The first-order valence-electron chi connectivity index (χ1n) is 9.63. The maximum Gasteiger partial charge on any atom is 0.217 e. The number of amides is 1. The summed E-state index contributed by atoms with van der Waals surface area (Å²) in [4.78, 5) is 15.5. The van der Waals surface area contributed by atoms with E-state index < -0.39 is 0 Å². The zero-order valence-corrected chi connectivity index (χ0v) is 16.5. The van der Waals surface area contributed by atoms with Crippen molar-refractivity contribution in [2.24, 2.45) is 0 Å². The maximum absolute atomic E-state index is 11.3. The smallest absolute Gasteiger partial charge is 0.217 e. The molecule has 1 amide bonds. The van der Waals surface area contributed by atoms with E-state index in [1.165, 1.54) is 0 Å². The normalized spacial score (nSPS) is 19.4. The molecule has 0 unspecified atom stereocenters. The van der Waals surface area contributed by atoms with E-state index in [9.17, 15) is 4.79 Å². The van der Waals surface area contributed by atoms with Crippen molar-refractivity contribution in [2.75, 3.05) is 0 Å². The van der Waals surface area contributed by atoms with E-state index >= 15 is 0 Å². The zero-order valence-electron chi connectivity index (χ0n) is 15.8. The third-order valence-electron chi connectivity index (χ3n) is 5.42. The van der Waals surface area contributed by atoms with Crippen LogP contribution >= 0.6 is 11.6 Å². The van der Waals surface area contributed by atoms with Gasteiger partial charge in [-0.2, -0.15) is 5.10 Å². The Hall–Kier alpha value is -2.66. The third kappa shape index (κ3) is 3.94. The number of benzene rings is 1. The summed E-state index contributed by atoms with van der Waals surface area (Å²) in [5.74, 6) is 0.439. The van der Waals surface area contributed by atoms with Crippen molar-refractivity contribution in [3.63, 3.8) is 0 Å². The lowest BCUT2D eigenvalue weighted by molar-refractivity contribution is -0.119. The summed E-state index contributed by atoms with van der Waals surface area (Å²) in [6.45, 7) is 1.58. The van der Waals surface area contributed by atoms with Gasteiger partial charge in [-0.1, -0.05) is 23.7 Å². The van der Waals surface area contributed by atoms with E-state index in [4.69, 9.17) is 11.6 Å². The molecule has 1 aliphatic carbocycles. The molecule has 1 fully saturated rings. The highest BCUT2D eigenvalue weighted by Gasteiger charge is 2.28. The molecule has 1 saturated carbocycles. The van der Waals surface area contributed by atoms with Crippen molar-refractivity contribution < 1.29 is 4.79 Å². The number of nitrogens with zero attached hydrogens (tertiary/aromatic N) is 2. The van der Waals surface area contributed by atoms with Crippen molar-refractivity contribution in [3.8, 4) is 22.4 Å². The topological polar surface area (TPSA) is 70.7 Å². The average molecular weight is 395 g/mol. The minimum absolute atomic E-state index is 0.0486. The number of carbonyl (C=O) groups is 1.